The molecule has 1 aromatic rings. The van der Waals surface area contributed by atoms with Crippen LogP contribution in [0.2, 0.25) is 0 Å². The maximum absolute atomic E-state index is 11.6. The Morgan fingerprint density at radius 2 is 2.30 bits per heavy atom. The third kappa shape index (κ3) is 3.63. The minimum atomic E-state index is -4.33. The number of nitrogen functional groups attached to an aromatic ring is 1. The average Bonchev–Trinajstić information content (AvgIpc) is 2.67. The van der Waals surface area contributed by atoms with Crippen molar-refractivity contribution in [2.45, 2.75) is 25.0 Å². The van der Waals surface area contributed by atoms with Crippen LogP contribution in [0.1, 0.15) is 12.6 Å². The maximum atomic E-state index is 11.6. The van der Waals surface area contributed by atoms with E-state index in [1.54, 1.807) is 0 Å². The molecular formula is C9H14N3O7P. The number of ether oxygens (including phenoxy) is 2. The highest BCUT2D eigenvalue weighted by Crippen LogP contribution is 2.37. The zero-order valence-electron chi connectivity index (χ0n) is 10.2. The average molecular weight is 307 g/mol. The highest BCUT2D eigenvalue weighted by molar-refractivity contribution is 7.51. The highest BCUT2D eigenvalue weighted by atomic mass is 31.2. The van der Waals surface area contributed by atoms with Crippen LogP contribution in [0.3, 0.4) is 0 Å². The van der Waals surface area contributed by atoms with E-state index in [-0.39, 0.29) is 12.2 Å². The third-order valence-electron chi connectivity index (χ3n) is 2.61. The molecular weight excluding hydrogens is 293 g/mol. The first kappa shape index (κ1) is 15.1. The Kier molecular flexibility index (Phi) is 4.23. The molecule has 2 heterocycles. The summed E-state index contributed by atoms with van der Waals surface area (Å²) >= 11 is 0. The second-order valence-corrected chi connectivity index (χ2v) is 5.85. The fourth-order valence-corrected chi connectivity index (χ4v) is 2.13. The third-order valence-corrected chi connectivity index (χ3v) is 3.09. The standard InChI is InChI=1S/C9H14N3O7P/c10-6-1-2-12(9(14)11-6)8-5(13)3-7(19-8)18-4-20(15,16)17/h1-2,5,7-8,13H,3-4H2,(H2,10,11,14)(H2,15,16,17)/t5-,7-,8+/m0/s1. The van der Waals surface area contributed by atoms with E-state index in [9.17, 15) is 14.5 Å². The molecule has 0 bridgehead atoms. The summed E-state index contributed by atoms with van der Waals surface area (Å²) in [6.07, 6.45) is -2.68. The van der Waals surface area contributed by atoms with Crippen molar-refractivity contribution in [3.05, 3.63) is 22.7 Å². The van der Waals surface area contributed by atoms with E-state index in [1.807, 2.05) is 0 Å². The smallest absolute Gasteiger partial charge is 0.351 e. The first-order chi connectivity index (χ1) is 9.26. The van der Waals surface area contributed by atoms with Crippen LogP contribution in [-0.2, 0) is 14.0 Å². The van der Waals surface area contributed by atoms with Crippen LogP contribution in [0.25, 0.3) is 0 Å². The van der Waals surface area contributed by atoms with Crippen molar-refractivity contribution in [3.63, 3.8) is 0 Å². The van der Waals surface area contributed by atoms with Crippen LogP contribution < -0.4 is 11.4 Å². The van der Waals surface area contributed by atoms with Gasteiger partial charge in [-0.25, -0.2) is 4.79 Å². The predicted octanol–water partition coefficient (Wildman–Crippen LogP) is -1.42. The monoisotopic (exact) mass is 307 g/mol. The van der Waals surface area contributed by atoms with Gasteiger partial charge in [0, 0.05) is 12.6 Å². The van der Waals surface area contributed by atoms with Crippen molar-refractivity contribution in [3.8, 4) is 0 Å². The molecule has 1 saturated heterocycles. The molecule has 0 aromatic carbocycles. The molecule has 112 valence electrons. The summed E-state index contributed by atoms with van der Waals surface area (Å²) in [7, 11) is -4.33. The van der Waals surface area contributed by atoms with Gasteiger partial charge in [-0.05, 0) is 6.07 Å². The van der Waals surface area contributed by atoms with E-state index in [4.69, 9.17) is 25.0 Å². The summed E-state index contributed by atoms with van der Waals surface area (Å²) in [6, 6.07) is 1.36. The number of aromatic nitrogens is 2. The quantitative estimate of drug-likeness (QED) is 0.490. The van der Waals surface area contributed by atoms with Crippen LogP contribution >= 0.6 is 7.60 Å². The summed E-state index contributed by atoms with van der Waals surface area (Å²) in [6.45, 7) is 0. The van der Waals surface area contributed by atoms with Crippen molar-refractivity contribution in [2.24, 2.45) is 0 Å². The number of nitrogens with zero attached hydrogens (tertiary/aromatic N) is 2. The Morgan fingerprint density at radius 3 is 2.90 bits per heavy atom. The van der Waals surface area contributed by atoms with Gasteiger partial charge in [0.05, 0.1) is 0 Å². The molecule has 3 atom stereocenters. The molecule has 1 aliphatic heterocycles. The number of nitrogens with two attached hydrogens (primary N) is 1. The molecule has 11 heteroatoms. The number of aliphatic hydroxyl groups is 1. The molecule has 5 N–H and O–H groups in total. The summed E-state index contributed by atoms with van der Waals surface area (Å²) in [4.78, 5) is 32.5. The van der Waals surface area contributed by atoms with Crippen molar-refractivity contribution < 1.29 is 28.9 Å². The summed E-state index contributed by atoms with van der Waals surface area (Å²) in [5.41, 5.74) is 4.64. The minimum Gasteiger partial charge on any atom is -0.388 e. The second-order valence-electron chi connectivity index (χ2n) is 4.26. The molecule has 0 amide bonds. The zero-order chi connectivity index (χ0) is 14.9. The van der Waals surface area contributed by atoms with Crippen molar-refractivity contribution in [1.29, 1.82) is 0 Å². The molecule has 0 spiro atoms. The number of anilines is 1. The van der Waals surface area contributed by atoms with Gasteiger partial charge < -0.3 is 30.1 Å². The lowest BCUT2D eigenvalue weighted by atomic mass is 10.2. The molecule has 0 unspecified atom stereocenters. The van der Waals surface area contributed by atoms with Crippen molar-refractivity contribution in [2.75, 3.05) is 12.1 Å². The lowest BCUT2D eigenvalue weighted by molar-refractivity contribution is -0.147. The lowest BCUT2D eigenvalue weighted by Crippen LogP contribution is -2.31. The van der Waals surface area contributed by atoms with Crippen molar-refractivity contribution in [1.82, 2.24) is 9.55 Å². The molecule has 20 heavy (non-hydrogen) atoms. The van der Waals surface area contributed by atoms with E-state index < -0.39 is 38.3 Å². The minimum absolute atomic E-state index is 0.0263. The highest BCUT2D eigenvalue weighted by Gasteiger charge is 2.37. The van der Waals surface area contributed by atoms with Gasteiger partial charge in [-0.3, -0.25) is 9.13 Å². The normalized spacial score (nSPS) is 26.9. The fraction of sp³-hybridized carbons (Fsp3) is 0.556. The van der Waals surface area contributed by atoms with E-state index in [2.05, 4.69) is 4.98 Å². The van der Waals surface area contributed by atoms with Crippen LogP contribution in [0.4, 0.5) is 5.82 Å². The van der Waals surface area contributed by atoms with Gasteiger partial charge in [0.15, 0.2) is 18.9 Å². The van der Waals surface area contributed by atoms with Gasteiger partial charge >= 0.3 is 13.3 Å². The first-order valence-electron chi connectivity index (χ1n) is 5.60. The molecule has 1 aliphatic rings. The summed E-state index contributed by atoms with van der Waals surface area (Å²) < 4.78 is 21.8. The molecule has 0 saturated carbocycles. The van der Waals surface area contributed by atoms with Gasteiger partial charge in [-0.2, -0.15) is 4.98 Å². The Bertz CT molecular complexity index is 585. The SMILES string of the molecule is Nc1ccn([C@@H]2O[C@H](OCP(=O)(O)O)C[C@@H]2O)c(=O)n1. The molecule has 1 aromatic heterocycles. The van der Waals surface area contributed by atoms with Crippen molar-refractivity contribution >= 4 is 13.4 Å². The molecule has 0 radical (unpaired) electrons. The topological polar surface area (TPSA) is 157 Å². The maximum Gasteiger partial charge on any atom is 0.351 e. The van der Waals surface area contributed by atoms with Gasteiger partial charge in [0.1, 0.15) is 11.9 Å². The zero-order valence-corrected chi connectivity index (χ0v) is 11.1. The molecule has 1 fully saturated rings. The molecule has 0 aliphatic carbocycles. The van der Waals surface area contributed by atoms with E-state index in [0.29, 0.717) is 0 Å². The largest absolute Gasteiger partial charge is 0.388 e. The Balaban J connectivity index is 2.07. The Hall–Kier alpha value is -1.29. The predicted molar refractivity (Wildman–Crippen MR) is 65.4 cm³/mol. The summed E-state index contributed by atoms with van der Waals surface area (Å²) in [5, 5.41) is 9.82. The van der Waals surface area contributed by atoms with E-state index in [1.165, 1.54) is 12.3 Å². The lowest BCUT2D eigenvalue weighted by Gasteiger charge is -2.17. The van der Waals surface area contributed by atoms with E-state index >= 15 is 0 Å². The Labute approximate surface area is 112 Å². The van der Waals surface area contributed by atoms with Crippen LogP contribution in [0, 0.1) is 0 Å². The second kappa shape index (κ2) is 5.60. The number of hydrogen-bond acceptors (Lipinski definition) is 7. The molecule has 10 nitrogen and oxygen atoms in total. The first-order valence-corrected chi connectivity index (χ1v) is 7.40. The van der Waals surface area contributed by atoms with Gasteiger partial charge in [0.25, 0.3) is 0 Å². The van der Waals surface area contributed by atoms with Gasteiger partial charge in [-0.1, -0.05) is 0 Å². The summed E-state index contributed by atoms with van der Waals surface area (Å²) in [5.74, 6) is 0.0352. The number of rotatable bonds is 4. The Morgan fingerprint density at radius 1 is 1.60 bits per heavy atom. The van der Waals surface area contributed by atoms with E-state index in [0.717, 1.165) is 4.57 Å². The van der Waals surface area contributed by atoms with Crippen LogP contribution in [0.5, 0.6) is 0 Å². The molecule has 2 rings (SSSR count). The number of aliphatic hydroxyl groups excluding tert-OH is 1. The van der Waals surface area contributed by atoms with Gasteiger partial charge in [0.2, 0.25) is 0 Å². The van der Waals surface area contributed by atoms with Crippen LogP contribution in [0.15, 0.2) is 17.1 Å². The fourth-order valence-electron chi connectivity index (χ4n) is 1.77. The van der Waals surface area contributed by atoms with Gasteiger partial charge in [-0.15, -0.1) is 0 Å². The number of hydrogen-bond donors (Lipinski definition) is 4. The van der Waals surface area contributed by atoms with Crippen LogP contribution in [-0.4, -0.2) is 43.2 Å².